The molecule has 0 bridgehead atoms. The van der Waals surface area contributed by atoms with E-state index in [1.54, 1.807) is 35.8 Å². The Morgan fingerprint density at radius 3 is 3.00 bits per heavy atom. The first-order valence-electron chi connectivity index (χ1n) is 6.77. The van der Waals surface area contributed by atoms with Crippen LogP contribution in [0.5, 0.6) is 0 Å². The van der Waals surface area contributed by atoms with Gasteiger partial charge in [-0.1, -0.05) is 5.21 Å². The Labute approximate surface area is 127 Å². The van der Waals surface area contributed by atoms with Crippen LogP contribution >= 0.6 is 11.8 Å². The summed E-state index contributed by atoms with van der Waals surface area (Å²) in [6, 6.07) is 3.71. The van der Waals surface area contributed by atoms with Crippen LogP contribution in [0, 0.1) is 0 Å². The van der Waals surface area contributed by atoms with Crippen LogP contribution < -0.4 is 0 Å². The molecule has 0 aliphatic rings. The summed E-state index contributed by atoms with van der Waals surface area (Å²) < 4.78 is 6.80. The molecule has 0 aliphatic carbocycles. The maximum absolute atomic E-state index is 12.0. The number of pyridine rings is 1. The summed E-state index contributed by atoms with van der Waals surface area (Å²) >= 11 is 1.78. The van der Waals surface area contributed by atoms with E-state index in [0.29, 0.717) is 18.8 Å². The average Bonchev–Trinajstić information content (AvgIpc) is 2.93. The van der Waals surface area contributed by atoms with Crippen molar-refractivity contribution >= 4 is 17.7 Å². The minimum Gasteiger partial charge on any atom is -0.461 e. The summed E-state index contributed by atoms with van der Waals surface area (Å²) in [4.78, 5) is 16.1. The molecule has 7 heteroatoms. The van der Waals surface area contributed by atoms with E-state index in [0.717, 1.165) is 17.7 Å². The highest BCUT2D eigenvalue weighted by Crippen LogP contribution is 2.22. The zero-order valence-electron chi connectivity index (χ0n) is 12.2. The fraction of sp³-hybridized carbons (Fsp3) is 0.429. The second kappa shape index (κ2) is 7.78. The van der Waals surface area contributed by atoms with Crippen molar-refractivity contribution in [2.75, 3.05) is 18.6 Å². The van der Waals surface area contributed by atoms with E-state index in [1.165, 1.54) is 0 Å². The molecule has 2 aromatic heterocycles. The Morgan fingerprint density at radius 1 is 1.48 bits per heavy atom. The van der Waals surface area contributed by atoms with Gasteiger partial charge in [0.15, 0.2) is 5.69 Å². The third-order valence-corrected chi connectivity index (χ3v) is 3.55. The summed E-state index contributed by atoms with van der Waals surface area (Å²) in [5.41, 5.74) is 1.73. The maximum Gasteiger partial charge on any atom is 0.361 e. The molecule has 0 aromatic carbocycles. The Balaban J connectivity index is 2.35. The van der Waals surface area contributed by atoms with Gasteiger partial charge < -0.3 is 4.74 Å². The van der Waals surface area contributed by atoms with Crippen molar-refractivity contribution in [2.45, 2.75) is 19.9 Å². The van der Waals surface area contributed by atoms with Gasteiger partial charge in [0, 0.05) is 24.5 Å². The summed E-state index contributed by atoms with van der Waals surface area (Å²) in [6.45, 7) is 2.78. The number of aromatic nitrogens is 4. The molecule has 112 valence electrons. The van der Waals surface area contributed by atoms with Crippen molar-refractivity contribution in [3.8, 4) is 11.3 Å². The zero-order valence-corrected chi connectivity index (χ0v) is 13.0. The first kappa shape index (κ1) is 15.5. The summed E-state index contributed by atoms with van der Waals surface area (Å²) in [7, 11) is 0. The van der Waals surface area contributed by atoms with Crippen molar-refractivity contribution in [2.24, 2.45) is 0 Å². The van der Waals surface area contributed by atoms with E-state index in [-0.39, 0.29) is 5.69 Å². The van der Waals surface area contributed by atoms with E-state index < -0.39 is 5.97 Å². The van der Waals surface area contributed by atoms with Crippen LogP contribution in [0.1, 0.15) is 23.8 Å². The topological polar surface area (TPSA) is 69.9 Å². The molecule has 0 saturated heterocycles. The van der Waals surface area contributed by atoms with Crippen molar-refractivity contribution in [1.29, 1.82) is 0 Å². The number of carbonyl (C=O) groups is 1. The molecule has 0 atom stereocenters. The van der Waals surface area contributed by atoms with Gasteiger partial charge in [0.25, 0.3) is 0 Å². The Bertz CT molecular complexity index is 586. The lowest BCUT2D eigenvalue weighted by molar-refractivity contribution is 0.0520. The van der Waals surface area contributed by atoms with Crippen molar-refractivity contribution in [3.05, 3.63) is 30.2 Å². The second-order valence-corrected chi connectivity index (χ2v) is 5.30. The molecule has 2 aromatic rings. The van der Waals surface area contributed by atoms with Gasteiger partial charge in [0.2, 0.25) is 0 Å². The Hall–Kier alpha value is -1.89. The first-order valence-corrected chi connectivity index (χ1v) is 8.17. The molecule has 2 heterocycles. The lowest BCUT2D eigenvalue weighted by atomic mass is 10.1. The number of thioether (sulfide) groups is 1. The molecular weight excluding hydrogens is 288 g/mol. The third-order valence-electron chi connectivity index (χ3n) is 2.86. The first-order chi connectivity index (χ1) is 10.3. The molecule has 0 saturated carbocycles. The summed E-state index contributed by atoms with van der Waals surface area (Å²) in [6.07, 6.45) is 6.41. The average molecular weight is 306 g/mol. The van der Waals surface area contributed by atoms with Gasteiger partial charge in [0.1, 0.15) is 5.69 Å². The van der Waals surface area contributed by atoms with E-state index in [4.69, 9.17) is 4.74 Å². The standard InChI is InChI=1S/C14H18N4O2S/c1-3-20-14(19)12-13(11-6-4-7-15-10-11)18(17-16-12)8-5-9-21-2/h4,6-7,10H,3,5,8-9H2,1-2H3. The molecular formula is C14H18N4O2S. The molecule has 0 unspecified atom stereocenters. The zero-order chi connectivity index (χ0) is 15.1. The van der Waals surface area contributed by atoms with E-state index >= 15 is 0 Å². The van der Waals surface area contributed by atoms with Crippen LogP contribution in [-0.4, -0.2) is 44.6 Å². The van der Waals surface area contributed by atoms with Gasteiger partial charge >= 0.3 is 5.97 Å². The van der Waals surface area contributed by atoms with Crippen LogP contribution in [0.15, 0.2) is 24.5 Å². The SMILES string of the molecule is CCOC(=O)c1nnn(CCCSC)c1-c1cccnc1. The highest BCUT2D eigenvalue weighted by Gasteiger charge is 2.22. The molecule has 21 heavy (non-hydrogen) atoms. The number of carbonyl (C=O) groups excluding carboxylic acids is 1. The van der Waals surface area contributed by atoms with Crippen molar-refractivity contribution in [1.82, 2.24) is 20.0 Å². The monoisotopic (exact) mass is 306 g/mol. The lowest BCUT2D eigenvalue weighted by Gasteiger charge is -2.07. The number of aryl methyl sites for hydroxylation is 1. The Morgan fingerprint density at radius 2 is 2.33 bits per heavy atom. The van der Waals surface area contributed by atoms with Gasteiger partial charge in [-0.2, -0.15) is 11.8 Å². The van der Waals surface area contributed by atoms with Crippen molar-refractivity contribution in [3.63, 3.8) is 0 Å². The van der Waals surface area contributed by atoms with Gasteiger partial charge in [0.05, 0.1) is 6.61 Å². The predicted molar refractivity (Wildman–Crippen MR) is 82.2 cm³/mol. The fourth-order valence-corrected chi connectivity index (χ4v) is 2.37. The number of hydrogen-bond acceptors (Lipinski definition) is 6. The molecule has 0 radical (unpaired) electrons. The molecule has 0 aliphatic heterocycles. The van der Waals surface area contributed by atoms with Crippen LogP contribution in [-0.2, 0) is 11.3 Å². The second-order valence-electron chi connectivity index (χ2n) is 4.32. The quantitative estimate of drug-likeness (QED) is 0.577. The Kier molecular flexibility index (Phi) is 5.74. The van der Waals surface area contributed by atoms with Gasteiger partial charge in [-0.3, -0.25) is 4.98 Å². The third kappa shape index (κ3) is 3.81. The van der Waals surface area contributed by atoms with Crippen LogP contribution in [0.3, 0.4) is 0 Å². The maximum atomic E-state index is 12.0. The number of ether oxygens (including phenoxy) is 1. The summed E-state index contributed by atoms with van der Waals surface area (Å²) in [5, 5.41) is 8.09. The van der Waals surface area contributed by atoms with Crippen LogP contribution in [0.2, 0.25) is 0 Å². The highest BCUT2D eigenvalue weighted by atomic mass is 32.2. The molecule has 0 fully saturated rings. The van der Waals surface area contributed by atoms with Gasteiger partial charge in [-0.25, -0.2) is 9.48 Å². The molecule has 0 amide bonds. The van der Waals surface area contributed by atoms with Crippen LogP contribution in [0.25, 0.3) is 11.3 Å². The highest BCUT2D eigenvalue weighted by molar-refractivity contribution is 7.98. The normalized spacial score (nSPS) is 10.6. The number of rotatable bonds is 7. The summed E-state index contributed by atoms with van der Waals surface area (Å²) in [5.74, 6) is 0.577. The molecule has 0 spiro atoms. The van der Waals surface area contributed by atoms with Gasteiger partial charge in [-0.05, 0) is 37.5 Å². The minimum atomic E-state index is -0.451. The predicted octanol–water partition coefficient (Wildman–Crippen LogP) is 2.27. The smallest absolute Gasteiger partial charge is 0.361 e. The lowest BCUT2D eigenvalue weighted by Crippen LogP contribution is -2.09. The van der Waals surface area contributed by atoms with Gasteiger partial charge in [-0.15, -0.1) is 5.10 Å². The fourth-order valence-electron chi connectivity index (χ4n) is 1.95. The number of esters is 1. The van der Waals surface area contributed by atoms with Crippen molar-refractivity contribution < 1.29 is 9.53 Å². The molecule has 0 N–H and O–H groups in total. The van der Waals surface area contributed by atoms with E-state index in [1.807, 2.05) is 12.1 Å². The van der Waals surface area contributed by atoms with Crippen LogP contribution in [0.4, 0.5) is 0 Å². The van der Waals surface area contributed by atoms with E-state index in [2.05, 4.69) is 21.6 Å². The number of hydrogen-bond donors (Lipinski definition) is 0. The molecule has 2 rings (SSSR count). The molecule has 6 nitrogen and oxygen atoms in total. The largest absolute Gasteiger partial charge is 0.461 e. The number of nitrogens with zero attached hydrogens (tertiary/aromatic N) is 4. The van der Waals surface area contributed by atoms with E-state index in [9.17, 15) is 4.79 Å². The minimum absolute atomic E-state index is 0.244.